The third kappa shape index (κ3) is 3.95. The number of ether oxygens (including phenoxy) is 1. The Labute approximate surface area is 130 Å². The molecule has 1 unspecified atom stereocenters. The molecule has 1 atom stereocenters. The molecule has 0 aliphatic heterocycles. The van der Waals surface area contributed by atoms with Gasteiger partial charge in [-0.15, -0.1) is 0 Å². The summed E-state index contributed by atoms with van der Waals surface area (Å²) < 4.78 is 42.1. The van der Waals surface area contributed by atoms with E-state index in [1.165, 1.54) is 14.2 Å². The summed E-state index contributed by atoms with van der Waals surface area (Å²) in [6.45, 7) is -0.798. The molecule has 126 valence electrons. The van der Waals surface area contributed by atoms with Gasteiger partial charge in [-0.25, -0.2) is 0 Å². The van der Waals surface area contributed by atoms with Gasteiger partial charge in [0.2, 0.25) is 5.91 Å². The Morgan fingerprint density at radius 3 is 2.74 bits per heavy atom. The summed E-state index contributed by atoms with van der Waals surface area (Å²) in [5.41, 5.74) is 1.45. The molecule has 1 amide bonds. The third-order valence-corrected chi connectivity index (χ3v) is 3.57. The van der Waals surface area contributed by atoms with Gasteiger partial charge in [0.15, 0.2) is 6.10 Å². The van der Waals surface area contributed by atoms with E-state index in [0.29, 0.717) is 11.3 Å². The van der Waals surface area contributed by atoms with Crippen LogP contribution in [0.25, 0.3) is 10.9 Å². The highest BCUT2D eigenvalue weighted by Crippen LogP contribution is 2.25. The summed E-state index contributed by atoms with van der Waals surface area (Å²) in [6.07, 6.45) is -5.74. The Balaban J connectivity index is 2.11. The van der Waals surface area contributed by atoms with Crippen molar-refractivity contribution in [3.8, 4) is 5.75 Å². The molecule has 5 nitrogen and oxygen atoms in total. The second-order valence-electron chi connectivity index (χ2n) is 5.23. The van der Waals surface area contributed by atoms with E-state index in [1.807, 2.05) is 0 Å². The van der Waals surface area contributed by atoms with Crippen LogP contribution in [0.15, 0.2) is 24.4 Å². The van der Waals surface area contributed by atoms with Gasteiger partial charge in [0.1, 0.15) is 5.75 Å². The standard InChI is InChI=1S/C15H17F3N2O3/c1-20(8-13(21)15(16,17)18)14(22)5-9-7-19-12-4-3-10(23-2)6-11(9)12/h3-4,6-7,13,19,21H,5,8H2,1-2H3. The molecule has 0 saturated carbocycles. The largest absolute Gasteiger partial charge is 0.497 e. The molecule has 1 aromatic carbocycles. The maximum absolute atomic E-state index is 12.3. The number of aliphatic hydroxyl groups excluding tert-OH is 1. The number of nitrogens with zero attached hydrogens (tertiary/aromatic N) is 1. The number of likely N-dealkylation sites (N-methyl/N-ethyl adjacent to an activating group) is 1. The van der Waals surface area contributed by atoms with Crippen LogP contribution in [0.4, 0.5) is 13.2 Å². The minimum atomic E-state index is -4.75. The van der Waals surface area contributed by atoms with Crippen molar-refractivity contribution in [3.63, 3.8) is 0 Å². The highest BCUT2D eigenvalue weighted by atomic mass is 19.4. The lowest BCUT2D eigenvalue weighted by molar-refractivity contribution is -0.207. The molecule has 8 heteroatoms. The van der Waals surface area contributed by atoms with Gasteiger partial charge in [0.05, 0.1) is 20.1 Å². The van der Waals surface area contributed by atoms with Crippen molar-refractivity contribution in [1.82, 2.24) is 9.88 Å². The summed E-state index contributed by atoms with van der Waals surface area (Å²) in [6, 6.07) is 5.30. The molecule has 23 heavy (non-hydrogen) atoms. The Hall–Kier alpha value is -2.22. The summed E-state index contributed by atoms with van der Waals surface area (Å²) in [4.78, 5) is 15.9. The second kappa shape index (κ2) is 6.49. The lowest BCUT2D eigenvalue weighted by Crippen LogP contribution is -2.42. The van der Waals surface area contributed by atoms with E-state index in [1.54, 1.807) is 24.4 Å². The van der Waals surface area contributed by atoms with Gasteiger partial charge in [-0.3, -0.25) is 4.79 Å². The number of rotatable bonds is 5. The smallest absolute Gasteiger partial charge is 0.416 e. The quantitative estimate of drug-likeness (QED) is 0.882. The molecule has 0 bridgehead atoms. The number of hydrogen-bond donors (Lipinski definition) is 2. The van der Waals surface area contributed by atoms with E-state index in [2.05, 4.69) is 4.98 Å². The first-order valence-corrected chi connectivity index (χ1v) is 6.85. The number of hydrogen-bond acceptors (Lipinski definition) is 3. The zero-order chi connectivity index (χ0) is 17.2. The topological polar surface area (TPSA) is 65.6 Å². The maximum Gasteiger partial charge on any atom is 0.416 e. The van der Waals surface area contributed by atoms with Crippen LogP contribution in [-0.4, -0.2) is 53.9 Å². The van der Waals surface area contributed by atoms with Gasteiger partial charge in [0.25, 0.3) is 0 Å². The van der Waals surface area contributed by atoms with E-state index in [-0.39, 0.29) is 6.42 Å². The van der Waals surface area contributed by atoms with Crippen LogP contribution in [0.3, 0.4) is 0 Å². The number of halogens is 3. The van der Waals surface area contributed by atoms with E-state index in [4.69, 9.17) is 9.84 Å². The average Bonchev–Trinajstić information content (AvgIpc) is 2.88. The first-order valence-electron chi connectivity index (χ1n) is 6.85. The van der Waals surface area contributed by atoms with Gasteiger partial charge in [-0.05, 0) is 23.8 Å². The number of benzene rings is 1. The number of fused-ring (bicyclic) bond motifs is 1. The third-order valence-electron chi connectivity index (χ3n) is 3.57. The number of carbonyl (C=O) groups is 1. The molecule has 0 fully saturated rings. The minimum absolute atomic E-state index is 0.0752. The fourth-order valence-corrected chi connectivity index (χ4v) is 2.19. The van der Waals surface area contributed by atoms with E-state index < -0.39 is 24.7 Å². The van der Waals surface area contributed by atoms with E-state index >= 15 is 0 Å². The Morgan fingerprint density at radius 2 is 2.13 bits per heavy atom. The van der Waals surface area contributed by atoms with E-state index in [0.717, 1.165) is 15.8 Å². The highest BCUT2D eigenvalue weighted by molar-refractivity contribution is 5.89. The molecule has 2 aromatic rings. The van der Waals surface area contributed by atoms with Gasteiger partial charge >= 0.3 is 6.18 Å². The van der Waals surface area contributed by atoms with Crippen molar-refractivity contribution in [1.29, 1.82) is 0 Å². The van der Waals surface area contributed by atoms with Gasteiger partial charge in [0, 0.05) is 24.1 Å². The van der Waals surface area contributed by atoms with Crippen LogP contribution in [-0.2, 0) is 11.2 Å². The predicted octanol–water partition coefficient (Wildman–Crippen LogP) is 2.10. The predicted molar refractivity (Wildman–Crippen MR) is 78.3 cm³/mol. The Morgan fingerprint density at radius 1 is 1.43 bits per heavy atom. The lowest BCUT2D eigenvalue weighted by Gasteiger charge is -2.22. The molecule has 0 radical (unpaired) electrons. The van der Waals surface area contributed by atoms with Gasteiger partial charge in [-0.1, -0.05) is 0 Å². The maximum atomic E-state index is 12.3. The Bertz CT molecular complexity index is 697. The summed E-state index contributed by atoms with van der Waals surface area (Å²) >= 11 is 0. The second-order valence-corrected chi connectivity index (χ2v) is 5.23. The molecular weight excluding hydrogens is 313 g/mol. The van der Waals surface area contributed by atoms with Gasteiger partial charge in [-0.2, -0.15) is 13.2 Å². The number of methoxy groups -OCH3 is 1. The highest BCUT2D eigenvalue weighted by Gasteiger charge is 2.39. The van der Waals surface area contributed by atoms with Crippen LogP contribution in [0.1, 0.15) is 5.56 Å². The number of H-pyrrole nitrogens is 1. The van der Waals surface area contributed by atoms with Crippen LogP contribution >= 0.6 is 0 Å². The van der Waals surface area contributed by atoms with Crippen molar-refractivity contribution < 1.29 is 27.8 Å². The number of alkyl halides is 3. The van der Waals surface area contributed by atoms with Crippen molar-refractivity contribution >= 4 is 16.8 Å². The number of nitrogens with one attached hydrogen (secondary N) is 1. The summed E-state index contributed by atoms with van der Waals surface area (Å²) in [7, 11) is 2.75. The summed E-state index contributed by atoms with van der Waals surface area (Å²) in [5.74, 6) is 0.101. The number of aromatic nitrogens is 1. The molecule has 1 heterocycles. The monoisotopic (exact) mass is 330 g/mol. The van der Waals surface area contributed by atoms with Crippen molar-refractivity contribution in [2.45, 2.75) is 18.7 Å². The molecule has 0 saturated heterocycles. The number of amides is 1. The van der Waals surface area contributed by atoms with Crippen LogP contribution < -0.4 is 4.74 Å². The molecule has 0 aliphatic rings. The fraction of sp³-hybridized carbons (Fsp3) is 0.400. The minimum Gasteiger partial charge on any atom is -0.497 e. The average molecular weight is 330 g/mol. The normalized spacial score (nSPS) is 13.1. The summed E-state index contributed by atoms with van der Waals surface area (Å²) in [5, 5.41) is 9.80. The van der Waals surface area contributed by atoms with Crippen molar-refractivity contribution in [2.24, 2.45) is 0 Å². The SMILES string of the molecule is COc1ccc2[nH]cc(CC(=O)N(C)CC(O)C(F)(F)F)c2c1. The zero-order valence-corrected chi connectivity index (χ0v) is 12.6. The fourth-order valence-electron chi connectivity index (χ4n) is 2.19. The Kier molecular flexibility index (Phi) is 4.84. The molecule has 0 aliphatic carbocycles. The zero-order valence-electron chi connectivity index (χ0n) is 12.6. The number of aliphatic hydroxyl groups is 1. The van der Waals surface area contributed by atoms with Crippen molar-refractivity contribution in [3.05, 3.63) is 30.0 Å². The van der Waals surface area contributed by atoms with Gasteiger partial charge < -0.3 is 19.7 Å². The molecule has 1 aromatic heterocycles. The molecule has 2 rings (SSSR count). The first-order chi connectivity index (χ1) is 10.7. The first kappa shape index (κ1) is 17.1. The number of aromatic amines is 1. The number of carbonyl (C=O) groups excluding carboxylic acids is 1. The molecular formula is C15H17F3N2O3. The molecule has 2 N–H and O–H groups in total. The molecule has 0 spiro atoms. The lowest BCUT2D eigenvalue weighted by atomic mass is 10.1. The van der Waals surface area contributed by atoms with Crippen LogP contribution in [0, 0.1) is 0 Å². The van der Waals surface area contributed by atoms with Crippen LogP contribution in [0.2, 0.25) is 0 Å². The van der Waals surface area contributed by atoms with E-state index in [9.17, 15) is 18.0 Å². The van der Waals surface area contributed by atoms with Crippen LogP contribution in [0.5, 0.6) is 5.75 Å². The van der Waals surface area contributed by atoms with Crippen molar-refractivity contribution in [2.75, 3.05) is 20.7 Å².